The lowest BCUT2D eigenvalue weighted by atomic mass is 9.98. The van der Waals surface area contributed by atoms with Crippen molar-refractivity contribution in [1.82, 2.24) is 15.1 Å². The van der Waals surface area contributed by atoms with Crippen molar-refractivity contribution in [3.8, 4) is 11.1 Å². The zero-order valence-corrected chi connectivity index (χ0v) is 23.1. The number of halogens is 1. The topological polar surface area (TPSA) is 124 Å². The van der Waals surface area contributed by atoms with Crippen LogP contribution in [0.4, 0.5) is 0 Å². The van der Waals surface area contributed by atoms with Crippen molar-refractivity contribution in [2.75, 3.05) is 19.8 Å². The van der Waals surface area contributed by atoms with E-state index in [0.29, 0.717) is 35.9 Å². The molecule has 1 unspecified atom stereocenters. The summed E-state index contributed by atoms with van der Waals surface area (Å²) in [5.41, 5.74) is 4.39. The van der Waals surface area contributed by atoms with Crippen LogP contribution in [0.5, 0.6) is 0 Å². The van der Waals surface area contributed by atoms with Crippen LogP contribution in [0, 0.1) is 0 Å². The monoisotopic (exact) mass is 550 g/mol. The molecule has 3 N–H and O–H groups in total. The Hall–Kier alpha value is -3.82. The predicted molar refractivity (Wildman–Crippen MR) is 156 cm³/mol. The zero-order valence-electron chi connectivity index (χ0n) is 22.3. The molecular weight excluding hydrogens is 516 g/mol. The Bertz CT molecular complexity index is 1290. The number of benzene rings is 2. The van der Waals surface area contributed by atoms with Gasteiger partial charge in [0.05, 0.1) is 19.2 Å². The lowest BCUT2D eigenvalue weighted by Crippen LogP contribution is -2.38. The Labute approximate surface area is 234 Å². The Kier molecular flexibility index (Phi) is 11.9. The van der Waals surface area contributed by atoms with Crippen LogP contribution in [0.1, 0.15) is 47.8 Å². The summed E-state index contributed by atoms with van der Waals surface area (Å²) in [4.78, 5) is 28.6. The molecule has 206 valence electrons. The van der Waals surface area contributed by atoms with E-state index in [1.54, 1.807) is 25.4 Å². The molecule has 0 radical (unpaired) electrons. The van der Waals surface area contributed by atoms with Crippen LogP contribution in [0.3, 0.4) is 0 Å². The van der Waals surface area contributed by atoms with Gasteiger partial charge in [-0.25, -0.2) is 0 Å². The van der Waals surface area contributed by atoms with Gasteiger partial charge < -0.3 is 20.7 Å². The molecule has 0 saturated carbocycles. The van der Waals surface area contributed by atoms with Gasteiger partial charge in [0.1, 0.15) is 17.7 Å². The van der Waals surface area contributed by atoms with Crippen molar-refractivity contribution in [3.63, 3.8) is 0 Å². The number of nitrogens with zero attached hydrogens (tertiary/aromatic N) is 4. The highest BCUT2D eigenvalue weighted by Crippen LogP contribution is 2.26. The van der Waals surface area contributed by atoms with E-state index in [9.17, 15) is 9.59 Å². The Morgan fingerprint density at radius 2 is 1.92 bits per heavy atom. The summed E-state index contributed by atoms with van der Waals surface area (Å²) >= 11 is 6.44. The molecule has 0 saturated heterocycles. The fraction of sp³-hybridized carbons (Fsp3) is 0.345. The largest absolute Gasteiger partial charge is 0.380 e. The van der Waals surface area contributed by atoms with E-state index in [4.69, 9.17) is 22.2 Å². The third-order valence-corrected chi connectivity index (χ3v) is 6.51. The molecule has 2 aromatic carbocycles. The number of hydrazone groups is 1. The quantitative estimate of drug-likeness (QED) is 0.0963. The molecule has 0 bridgehead atoms. The van der Waals surface area contributed by atoms with Crippen LogP contribution in [0.2, 0.25) is 5.02 Å². The summed E-state index contributed by atoms with van der Waals surface area (Å²) in [7, 11) is 1.66. The number of hydrogen-bond donors (Lipinski definition) is 2. The summed E-state index contributed by atoms with van der Waals surface area (Å²) in [5, 5.41) is 11.1. The minimum atomic E-state index is -0.744. The molecule has 3 aromatic rings. The lowest BCUT2D eigenvalue weighted by Gasteiger charge is -2.15. The van der Waals surface area contributed by atoms with Gasteiger partial charge >= 0.3 is 0 Å². The van der Waals surface area contributed by atoms with E-state index in [2.05, 4.69) is 27.4 Å². The van der Waals surface area contributed by atoms with Crippen molar-refractivity contribution < 1.29 is 14.3 Å². The molecular formula is C29H35ClN6O3. The number of rotatable bonds is 15. The number of aldehydes is 1. The first-order valence-corrected chi connectivity index (χ1v) is 13.3. The molecule has 1 aromatic heterocycles. The van der Waals surface area contributed by atoms with Crippen molar-refractivity contribution in [3.05, 3.63) is 76.6 Å². The summed E-state index contributed by atoms with van der Waals surface area (Å²) < 4.78 is 7.02. The summed E-state index contributed by atoms with van der Waals surface area (Å²) in [6, 6.07) is 14.2. The van der Waals surface area contributed by atoms with Gasteiger partial charge in [-0.05, 0) is 41.3 Å². The summed E-state index contributed by atoms with van der Waals surface area (Å²) in [6.07, 6.45) is 7.55. The van der Waals surface area contributed by atoms with Gasteiger partial charge in [-0.15, -0.1) is 0 Å². The van der Waals surface area contributed by atoms with Crippen LogP contribution in [-0.2, 0) is 23.0 Å². The number of amides is 1. The molecule has 1 atom stereocenters. The van der Waals surface area contributed by atoms with Gasteiger partial charge in [-0.1, -0.05) is 61.7 Å². The van der Waals surface area contributed by atoms with Crippen molar-refractivity contribution in [2.24, 2.45) is 23.0 Å². The highest BCUT2D eigenvalue weighted by molar-refractivity contribution is 6.38. The molecule has 9 nitrogen and oxygen atoms in total. The van der Waals surface area contributed by atoms with Gasteiger partial charge in [0.25, 0.3) is 5.91 Å². The number of carbonyl (C=O) groups excluding carboxylic acids is 2. The smallest absolute Gasteiger partial charge is 0.270 e. The minimum Gasteiger partial charge on any atom is -0.380 e. The first-order valence-electron chi connectivity index (χ1n) is 13.0. The van der Waals surface area contributed by atoms with Gasteiger partial charge in [0.2, 0.25) is 0 Å². The van der Waals surface area contributed by atoms with Crippen molar-refractivity contribution in [1.29, 1.82) is 0 Å². The van der Waals surface area contributed by atoms with Gasteiger partial charge in [0.15, 0.2) is 0 Å². The Morgan fingerprint density at radius 3 is 2.59 bits per heavy atom. The zero-order chi connectivity index (χ0) is 28.0. The number of nitrogens with one attached hydrogen (secondary N) is 1. The van der Waals surface area contributed by atoms with E-state index >= 15 is 0 Å². The van der Waals surface area contributed by atoms with E-state index in [0.717, 1.165) is 35.3 Å². The van der Waals surface area contributed by atoms with Crippen LogP contribution in [-0.4, -0.2) is 59.7 Å². The normalized spacial score (nSPS) is 12.5. The highest BCUT2D eigenvalue weighted by Gasteiger charge is 2.17. The Morgan fingerprint density at radius 1 is 1.15 bits per heavy atom. The maximum absolute atomic E-state index is 12.5. The van der Waals surface area contributed by atoms with Gasteiger partial charge in [-0.3, -0.25) is 14.5 Å². The molecule has 0 aliphatic rings. The summed E-state index contributed by atoms with van der Waals surface area (Å²) in [6.45, 7) is 4.02. The number of aromatic nitrogens is 2. The van der Waals surface area contributed by atoms with E-state index in [1.165, 1.54) is 23.7 Å². The number of aliphatic imine (C=N–C) groups is 1. The van der Waals surface area contributed by atoms with Crippen LogP contribution in [0.15, 0.2) is 64.8 Å². The SMILES string of the molecule is CCCCCOCCN=C/C(=N\N)c1ccc(-c2ccc(Cl)c(CC(C=O)NC(=O)c3ccnn3C)c2)cc1. The fourth-order valence-corrected chi connectivity index (χ4v) is 4.15. The van der Waals surface area contributed by atoms with Crippen molar-refractivity contribution in [2.45, 2.75) is 38.6 Å². The number of nitrogens with two attached hydrogens (primary N) is 1. The number of carbonyl (C=O) groups is 2. The molecule has 39 heavy (non-hydrogen) atoms. The molecule has 1 heterocycles. The molecule has 0 aliphatic carbocycles. The molecule has 0 fully saturated rings. The molecule has 0 spiro atoms. The van der Waals surface area contributed by atoms with E-state index in [-0.39, 0.29) is 12.3 Å². The Balaban J connectivity index is 1.63. The second kappa shape index (κ2) is 15.6. The van der Waals surface area contributed by atoms with Crippen LogP contribution < -0.4 is 11.2 Å². The third-order valence-electron chi connectivity index (χ3n) is 6.14. The average molecular weight is 551 g/mol. The maximum atomic E-state index is 12.5. The minimum absolute atomic E-state index is 0.251. The second-order valence-electron chi connectivity index (χ2n) is 9.01. The number of hydrogen-bond acceptors (Lipinski definition) is 7. The van der Waals surface area contributed by atoms with Crippen LogP contribution >= 0.6 is 11.6 Å². The summed E-state index contributed by atoms with van der Waals surface area (Å²) in [5.74, 6) is 5.23. The van der Waals surface area contributed by atoms with Crippen LogP contribution in [0.25, 0.3) is 11.1 Å². The standard InChI is InChI=1S/C29H35ClN6O3/c1-3-4-5-15-39-16-14-32-19-27(35-31)22-8-6-21(7-9-22)23-10-11-26(30)24(17-23)18-25(20-37)34-29(38)28-12-13-33-36(28)2/h6-13,17,19-20,25H,3-5,14-16,18,31H2,1-2H3,(H,34,38)/b32-19?,35-27+. The predicted octanol–water partition coefficient (Wildman–Crippen LogP) is 4.22. The van der Waals surface area contributed by atoms with Crippen molar-refractivity contribution >= 4 is 35.7 Å². The van der Waals surface area contributed by atoms with Gasteiger partial charge in [0, 0.05) is 43.1 Å². The van der Waals surface area contributed by atoms with E-state index in [1.807, 2.05) is 36.4 Å². The lowest BCUT2D eigenvalue weighted by molar-refractivity contribution is -0.109. The molecule has 10 heteroatoms. The molecule has 0 aliphatic heterocycles. The maximum Gasteiger partial charge on any atom is 0.270 e. The molecule has 3 rings (SSSR count). The molecule has 1 amide bonds. The number of unbranched alkanes of at least 4 members (excludes halogenated alkanes) is 2. The second-order valence-corrected chi connectivity index (χ2v) is 9.42. The van der Waals surface area contributed by atoms with E-state index < -0.39 is 6.04 Å². The number of aryl methyl sites for hydroxylation is 1. The highest BCUT2D eigenvalue weighted by atomic mass is 35.5. The fourth-order valence-electron chi connectivity index (χ4n) is 3.96. The number of ether oxygens (including phenoxy) is 1. The van der Waals surface area contributed by atoms with Gasteiger partial charge in [-0.2, -0.15) is 10.2 Å². The third kappa shape index (κ3) is 8.87. The average Bonchev–Trinajstić information content (AvgIpc) is 3.39. The first-order chi connectivity index (χ1) is 19.0. The first kappa shape index (κ1) is 29.7.